The minimum absolute atomic E-state index is 0.0617. The molecule has 1 atom stereocenters. The Morgan fingerprint density at radius 2 is 1.50 bits per heavy atom. The number of methoxy groups -OCH3 is 2. The SMILES string of the molecule is CCOc1ccc(N(CC(=O)N(Cc2ccc(Br)cc2)[C@@H](Cc2ccccc2)C(=O)NCC(C)C)S(=O)(=O)c2ccc(OC)c(OC)c2)cc1. The number of anilines is 1. The van der Waals surface area contributed by atoms with E-state index in [-0.39, 0.29) is 41.1 Å². The lowest BCUT2D eigenvalue weighted by Gasteiger charge is -2.34. The van der Waals surface area contributed by atoms with E-state index in [0.29, 0.717) is 24.7 Å². The van der Waals surface area contributed by atoms with Crippen LogP contribution in [-0.2, 0) is 32.6 Å². The van der Waals surface area contributed by atoms with Crippen LogP contribution in [0.3, 0.4) is 0 Å². The van der Waals surface area contributed by atoms with Gasteiger partial charge in [-0.25, -0.2) is 8.42 Å². The molecule has 0 bridgehead atoms. The third-order valence-electron chi connectivity index (χ3n) is 7.88. The van der Waals surface area contributed by atoms with Gasteiger partial charge in [0, 0.05) is 30.0 Å². The van der Waals surface area contributed by atoms with Gasteiger partial charge in [0.2, 0.25) is 11.8 Å². The largest absolute Gasteiger partial charge is 0.494 e. The lowest BCUT2D eigenvalue weighted by Crippen LogP contribution is -2.53. The quantitative estimate of drug-likeness (QED) is 0.131. The second-order valence-electron chi connectivity index (χ2n) is 11.9. The van der Waals surface area contributed by atoms with Gasteiger partial charge in [0.05, 0.1) is 31.4 Å². The Morgan fingerprint density at radius 1 is 0.840 bits per heavy atom. The molecule has 0 heterocycles. The van der Waals surface area contributed by atoms with E-state index in [1.807, 2.05) is 75.4 Å². The average molecular weight is 767 g/mol. The summed E-state index contributed by atoms with van der Waals surface area (Å²) in [5.74, 6) is 0.399. The molecule has 1 N–H and O–H groups in total. The number of nitrogens with zero attached hydrogens (tertiary/aromatic N) is 2. The normalized spacial score (nSPS) is 11.8. The number of nitrogens with one attached hydrogen (secondary N) is 1. The van der Waals surface area contributed by atoms with Crippen molar-refractivity contribution < 1.29 is 32.2 Å². The fraction of sp³-hybridized carbons (Fsp3) is 0.316. The lowest BCUT2D eigenvalue weighted by molar-refractivity contribution is -0.140. The first-order chi connectivity index (χ1) is 24.0. The first kappa shape index (κ1) is 38.3. The van der Waals surface area contributed by atoms with Gasteiger partial charge >= 0.3 is 0 Å². The summed E-state index contributed by atoms with van der Waals surface area (Å²) in [7, 11) is -1.49. The summed E-state index contributed by atoms with van der Waals surface area (Å²) in [6.07, 6.45) is 0.221. The van der Waals surface area contributed by atoms with Crippen molar-refractivity contribution in [3.05, 3.63) is 113 Å². The predicted molar refractivity (Wildman–Crippen MR) is 198 cm³/mol. The molecule has 0 aliphatic heterocycles. The van der Waals surface area contributed by atoms with E-state index in [1.54, 1.807) is 24.3 Å². The fourth-order valence-electron chi connectivity index (χ4n) is 5.27. The Bertz CT molecular complexity index is 1820. The zero-order valence-electron chi connectivity index (χ0n) is 29.0. The maximum absolute atomic E-state index is 14.7. The van der Waals surface area contributed by atoms with Gasteiger partial charge in [0.1, 0.15) is 18.3 Å². The number of hydrogen-bond acceptors (Lipinski definition) is 7. The van der Waals surface area contributed by atoms with Crippen LogP contribution in [0.15, 0.2) is 106 Å². The fourth-order valence-corrected chi connectivity index (χ4v) is 6.97. The molecule has 0 saturated carbocycles. The molecule has 4 aromatic rings. The van der Waals surface area contributed by atoms with E-state index in [0.717, 1.165) is 19.9 Å². The molecule has 50 heavy (non-hydrogen) atoms. The monoisotopic (exact) mass is 765 g/mol. The molecule has 0 fully saturated rings. The Morgan fingerprint density at radius 3 is 2.10 bits per heavy atom. The summed E-state index contributed by atoms with van der Waals surface area (Å²) in [6.45, 7) is 6.14. The van der Waals surface area contributed by atoms with Gasteiger partial charge in [0.25, 0.3) is 10.0 Å². The first-order valence-electron chi connectivity index (χ1n) is 16.3. The summed E-state index contributed by atoms with van der Waals surface area (Å²) in [5.41, 5.74) is 1.86. The van der Waals surface area contributed by atoms with E-state index in [2.05, 4.69) is 21.2 Å². The van der Waals surface area contributed by atoms with Crippen LogP contribution < -0.4 is 23.8 Å². The Balaban J connectivity index is 1.83. The number of carbonyl (C=O) groups excluding carboxylic acids is 2. The molecule has 0 aliphatic carbocycles. The van der Waals surface area contributed by atoms with Crippen molar-refractivity contribution in [1.29, 1.82) is 0 Å². The van der Waals surface area contributed by atoms with Crippen molar-refractivity contribution in [2.24, 2.45) is 5.92 Å². The van der Waals surface area contributed by atoms with E-state index in [9.17, 15) is 18.0 Å². The number of benzene rings is 4. The van der Waals surface area contributed by atoms with Crippen molar-refractivity contribution in [3.63, 3.8) is 0 Å². The van der Waals surface area contributed by atoms with Crippen LogP contribution in [-0.4, -0.2) is 65.1 Å². The van der Waals surface area contributed by atoms with E-state index >= 15 is 0 Å². The van der Waals surface area contributed by atoms with Crippen molar-refractivity contribution >= 4 is 43.5 Å². The molecular weight excluding hydrogens is 722 g/mol. The molecule has 0 saturated heterocycles. The highest BCUT2D eigenvalue weighted by Gasteiger charge is 2.35. The standard InChI is InChI=1S/C38H44BrN3O7S/c1-6-49-32-18-16-31(17-19-32)42(50(45,46)33-20-21-35(47-4)36(23-33)48-5)26-37(43)41(25-29-12-14-30(39)15-13-29)34(38(44)40-24-27(2)3)22-28-10-8-7-9-11-28/h7-21,23,27,34H,6,22,24-26H2,1-5H3,(H,40,44)/t34-/m0/s1. The van der Waals surface area contributed by atoms with Crippen molar-refractivity contribution in [2.75, 3.05) is 38.2 Å². The molecule has 0 spiro atoms. The van der Waals surface area contributed by atoms with Crippen LogP contribution in [0.2, 0.25) is 0 Å². The van der Waals surface area contributed by atoms with Crippen molar-refractivity contribution in [1.82, 2.24) is 10.2 Å². The van der Waals surface area contributed by atoms with E-state index in [1.165, 1.54) is 37.3 Å². The number of sulfonamides is 1. The van der Waals surface area contributed by atoms with Gasteiger partial charge in [0.15, 0.2) is 11.5 Å². The zero-order valence-corrected chi connectivity index (χ0v) is 31.4. The molecule has 0 radical (unpaired) electrons. The second-order valence-corrected chi connectivity index (χ2v) is 14.7. The van der Waals surface area contributed by atoms with Crippen LogP contribution in [0.4, 0.5) is 5.69 Å². The van der Waals surface area contributed by atoms with Gasteiger partial charge in [-0.3, -0.25) is 13.9 Å². The van der Waals surface area contributed by atoms with Crippen molar-refractivity contribution in [2.45, 2.75) is 44.7 Å². The number of amides is 2. The highest BCUT2D eigenvalue weighted by Crippen LogP contribution is 2.33. The third kappa shape index (κ3) is 10.0. The van der Waals surface area contributed by atoms with Crippen LogP contribution in [0.1, 0.15) is 31.9 Å². The molecule has 0 aliphatic rings. The summed E-state index contributed by atoms with van der Waals surface area (Å²) in [5, 5.41) is 3.00. The molecule has 0 unspecified atom stereocenters. The topological polar surface area (TPSA) is 114 Å². The highest BCUT2D eigenvalue weighted by atomic mass is 79.9. The summed E-state index contributed by atoms with van der Waals surface area (Å²) in [4.78, 5) is 30.0. The molecule has 2 amide bonds. The van der Waals surface area contributed by atoms with Gasteiger partial charge in [-0.2, -0.15) is 0 Å². The molecule has 12 heteroatoms. The smallest absolute Gasteiger partial charge is 0.264 e. The van der Waals surface area contributed by atoms with Gasteiger partial charge in [-0.1, -0.05) is 72.2 Å². The third-order valence-corrected chi connectivity index (χ3v) is 10.2. The number of carbonyl (C=O) groups is 2. The first-order valence-corrected chi connectivity index (χ1v) is 18.5. The predicted octanol–water partition coefficient (Wildman–Crippen LogP) is 6.47. The zero-order chi connectivity index (χ0) is 36.3. The average Bonchev–Trinajstić information content (AvgIpc) is 3.12. The molecular formula is C38H44BrN3O7S. The van der Waals surface area contributed by atoms with E-state index in [4.69, 9.17) is 14.2 Å². The Labute approximate surface area is 303 Å². The van der Waals surface area contributed by atoms with E-state index < -0.39 is 28.5 Å². The number of hydrogen-bond donors (Lipinski definition) is 1. The minimum atomic E-state index is -4.37. The molecule has 266 valence electrons. The molecule has 4 aromatic carbocycles. The second kappa shape index (κ2) is 17.9. The Hall–Kier alpha value is -4.55. The van der Waals surface area contributed by atoms with Crippen LogP contribution in [0.25, 0.3) is 0 Å². The van der Waals surface area contributed by atoms with Gasteiger partial charge in [-0.15, -0.1) is 0 Å². The molecule has 4 rings (SSSR count). The van der Waals surface area contributed by atoms with Gasteiger partial charge in [-0.05, 0) is 72.5 Å². The molecule has 10 nitrogen and oxygen atoms in total. The molecule has 0 aromatic heterocycles. The van der Waals surface area contributed by atoms with Crippen molar-refractivity contribution in [3.8, 4) is 17.2 Å². The van der Waals surface area contributed by atoms with Crippen LogP contribution in [0.5, 0.6) is 17.2 Å². The maximum Gasteiger partial charge on any atom is 0.264 e. The van der Waals surface area contributed by atoms with Crippen LogP contribution >= 0.6 is 15.9 Å². The Kier molecular flexibility index (Phi) is 13.7. The summed E-state index contributed by atoms with van der Waals surface area (Å²) in [6, 6.07) is 26.7. The summed E-state index contributed by atoms with van der Waals surface area (Å²) < 4.78 is 47.2. The highest BCUT2D eigenvalue weighted by molar-refractivity contribution is 9.10. The minimum Gasteiger partial charge on any atom is -0.494 e. The maximum atomic E-state index is 14.7. The lowest BCUT2D eigenvalue weighted by atomic mass is 10.0. The van der Waals surface area contributed by atoms with Crippen LogP contribution in [0, 0.1) is 5.92 Å². The number of halogens is 1. The summed E-state index contributed by atoms with van der Waals surface area (Å²) >= 11 is 3.46. The number of ether oxygens (including phenoxy) is 3. The van der Waals surface area contributed by atoms with Gasteiger partial charge < -0.3 is 24.4 Å². The number of rotatable bonds is 17.